The van der Waals surface area contributed by atoms with E-state index in [1.807, 2.05) is 60.7 Å². The zero-order valence-electron chi connectivity index (χ0n) is 21.7. The molecule has 0 unspecified atom stereocenters. The Bertz CT molecular complexity index is 1400. The summed E-state index contributed by atoms with van der Waals surface area (Å²) in [5.41, 5.74) is 6.32. The van der Waals surface area contributed by atoms with Gasteiger partial charge in [0.05, 0.1) is 5.69 Å². The Kier molecular flexibility index (Phi) is 7.29. The molecule has 2 amide bonds. The first-order valence-corrected chi connectivity index (χ1v) is 13.5. The molecule has 0 saturated heterocycles. The minimum absolute atomic E-state index is 0.0532. The maximum absolute atomic E-state index is 13.3. The number of benzene rings is 3. The number of nitrogens with zero attached hydrogens (tertiary/aromatic N) is 1. The number of alkyl carbamates (subject to hydrolysis) is 1. The second kappa shape index (κ2) is 10.8. The summed E-state index contributed by atoms with van der Waals surface area (Å²) in [4.78, 5) is 26.3. The van der Waals surface area contributed by atoms with Gasteiger partial charge in [0.25, 0.3) is 0 Å². The summed E-state index contributed by atoms with van der Waals surface area (Å²) in [6.45, 7) is 6.41. The van der Waals surface area contributed by atoms with Crippen LogP contribution >= 0.6 is 11.5 Å². The number of carbonyl (C=O) groups excluding carboxylic acids is 2. The van der Waals surface area contributed by atoms with Crippen molar-refractivity contribution in [2.24, 2.45) is 0 Å². The van der Waals surface area contributed by atoms with Crippen LogP contribution < -0.4 is 10.6 Å². The van der Waals surface area contributed by atoms with Gasteiger partial charge in [-0.1, -0.05) is 99.6 Å². The van der Waals surface area contributed by atoms with Crippen molar-refractivity contribution >= 4 is 28.5 Å². The lowest BCUT2D eigenvalue weighted by atomic mass is 9.92. The molecule has 1 heterocycles. The summed E-state index contributed by atoms with van der Waals surface area (Å²) in [5.74, 6) is -0.367. The number of hydrogen-bond donors (Lipinski definition) is 2. The first-order valence-electron chi connectivity index (χ1n) is 12.7. The van der Waals surface area contributed by atoms with Crippen LogP contribution in [0.15, 0.2) is 84.9 Å². The Morgan fingerprint density at radius 3 is 2.13 bits per heavy atom. The number of aromatic nitrogens is 1. The van der Waals surface area contributed by atoms with Gasteiger partial charge >= 0.3 is 6.09 Å². The standard InChI is InChI=1S/C31H31N3O3S/c1-31(2,3)27-18-28(38-34-27)33-29(35)26(17-20-11-5-4-6-12-20)32-30(36)37-19-25-23-15-9-7-13-21(23)22-14-8-10-16-24(22)25/h4-16,18,25-26H,17,19H2,1-3H3,(H,32,36)(H,33,35)/t26-/m1/s1. The largest absolute Gasteiger partial charge is 0.449 e. The fourth-order valence-electron chi connectivity index (χ4n) is 4.74. The zero-order valence-corrected chi connectivity index (χ0v) is 22.5. The van der Waals surface area contributed by atoms with Crippen molar-refractivity contribution in [2.75, 3.05) is 11.9 Å². The smallest absolute Gasteiger partial charge is 0.407 e. The number of carbonyl (C=O) groups is 2. The molecule has 38 heavy (non-hydrogen) atoms. The fraction of sp³-hybridized carbons (Fsp3) is 0.258. The van der Waals surface area contributed by atoms with Crippen LogP contribution in [-0.2, 0) is 21.4 Å². The SMILES string of the molecule is CC(C)(C)c1cc(NC(=O)[C@@H](Cc2ccccc2)NC(=O)OCC2c3ccccc3-c3ccccc32)sn1. The number of fused-ring (bicyclic) bond motifs is 3. The Morgan fingerprint density at radius 1 is 0.921 bits per heavy atom. The van der Waals surface area contributed by atoms with Crippen molar-refractivity contribution in [2.45, 2.75) is 44.6 Å². The number of rotatable bonds is 7. The van der Waals surface area contributed by atoms with Crippen molar-refractivity contribution in [1.82, 2.24) is 9.69 Å². The highest BCUT2D eigenvalue weighted by Gasteiger charge is 2.30. The predicted molar refractivity (Wildman–Crippen MR) is 152 cm³/mol. The van der Waals surface area contributed by atoms with E-state index in [9.17, 15) is 9.59 Å². The van der Waals surface area contributed by atoms with Crippen molar-refractivity contribution in [3.63, 3.8) is 0 Å². The lowest BCUT2D eigenvalue weighted by Gasteiger charge is -2.19. The van der Waals surface area contributed by atoms with Gasteiger partial charge in [-0.3, -0.25) is 4.79 Å². The molecule has 0 saturated carbocycles. The second-order valence-corrected chi connectivity index (χ2v) is 11.3. The summed E-state index contributed by atoms with van der Waals surface area (Å²) in [7, 11) is 0. The van der Waals surface area contributed by atoms with Gasteiger partial charge in [0.1, 0.15) is 17.6 Å². The Balaban J connectivity index is 1.29. The number of ether oxygens (including phenoxy) is 1. The molecule has 6 nitrogen and oxygen atoms in total. The van der Waals surface area contributed by atoms with E-state index in [0.717, 1.165) is 33.5 Å². The first kappa shape index (κ1) is 25.7. The number of nitrogens with one attached hydrogen (secondary N) is 2. The van der Waals surface area contributed by atoms with Crippen molar-refractivity contribution in [1.29, 1.82) is 0 Å². The summed E-state index contributed by atoms with van der Waals surface area (Å²) < 4.78 is 10.2. The molecule has 0 spiro atoms. The fourth-order valence-corrected chi connectivity index (χ4v) is 5.57. The number of amides is 2. The van der Waals surface area contributed by atoms with E-state index in [0.29, 0.717) is 11.4 Å². The van der Waals surface area contributed by atoms with E-state index in [-0.39, 0.29) is 23.8 Å². The normalized spacial score (nSPS) is 13.3. The zero-order chi connectivity index (χ0) is 26.7. The van der Waals surface area contributed by atoms with E-state index in [4.69, 9.17) is 4.74 Å². The summed E-state index contributed by atoms with van der Waals surface area (Å²) in [6, 6.07) is 27.1. The molecule has 7 heteroatoms. The Hall–Kier alpha value is -3.97. The first-order chi connectivity index (χ1) is 18.3. The van der Waals surface area contributed by atoms with Crippen LogP contribution in [0.2, 0.25) is 0 Å². The van der Waals surface area contributed by atoms with Gasteiger partial charge in [0.15, 0.2) is 0 Å². The molecule has 2 N–H and O–H groups in total. The third kappa shape index (κ3) is 5.63. The maximum atomic E-state index is 13.3. The minimum Gasteiger partial charge on any atom is -0.449 e. The molecular formula is C31H31N3O3S. The molecule has 5 rings (SSSR count). The van der Waals surface area contributed by atoms with Crippen LogP contribution in [0.1, 0.15) is 49.1 Å². The van der Waals surface area contributed by atoms with Gasteiger partial charge in [0.2, 0.25) is 5.91 Å². The Labute approximate surface area is 227 Å². The van der Waals surface area contributed by atoms with E-state index >= 15 is 0 Å². The van der Waals surface area contributed by atoms with Crippen LogP contribution in [0.3, 0.4) is 0 Å². The minimum atomic E-state index is -0.812. The molecule has 1 aromatic heterocycles. The predicted octanol–water partition coefficient (Wildman–Crippen LogP) is 6.53. The number of hydrogen-bond acceptors (Lipinski definition) is 5. The molecule has 1 atom stereocenters. The summed E-state index contributed by atoms with van der Waals surface area (Å²) >= 11 is 1.24. The van der Waals surface area contributed by atoms with E-state index in [2.05, 4.69) is 60.0 Å². The van der Waals surface area contributed by atoms with E-state index in [1.54, 1.807) is 0 Å². The highest BCUT2D eigenvalue weighted by Crippen LogP contribution is 2.44. The molecule has 4 aromatic rings. The van der Waals surface area contributed by atoms with Gasteiger partial charge in [-0.2, -0.15) is 4.37 Å². The summed E-state index contributed by atoms with van der Waals surface area (Å²) in [5, 5.41) is 6.38. The third-order valence-electron chi connectivity index (χ3n) is 6.76. The van der Waals surface area contributed by atoms with Gasteiger partial charge in [-0.25, -0.2) is 4.79 Å². The van der Waals surface area contributed by atoms with Crippen LogP contribution in [0.25, 0.3) is 11.1 Å². The highest BCUT2D eigenvalue weighted by atomic mass is 32.1. The van der Waals surface area contributed by atoms with Crippen LogP contribution in [0.4, 0.5) is 9.80 Å². The molecule has 0 bridgehead atoms. The second-order valence-electron chi connectivity index (χ2n) is 10.5. The van der Waals surface area contributed by atoms with E-state index < -0.39 is 12.1 Å². The van der Waals surface area contributed by atoms with Crippen LogP contribution in [0.5, 0.6) is 0 Å². The van der Waals surface area contributed by atoms with Crippen LogP contribution in [0, 0.1) is 0 Å². The maximum Gasteiger partial charge on any atom is 0.407 e. The number of anilines is 1. The molecule has 1 aliphatic rings. The quantitative estimate of drug-likeness (QED) is 0.288. The summed E-state index contributed by atoms with van der Waals surface area (Å²) in [6.07, 6.45) is -0.287. The van der Waals surface area contributed by atoms with Crippen LogP contribution in [-0.4, -0.2) is 29.0 Å². The molecule has 0 radical (unpaired) electrons. The van der Waals surface area contributed by atoms with E-state index in [1.165, 1.54) is 11.5 Å². The molecular weight excluding hydrogens is 494 g/mol. The Morgan fingerprint density at radius 2 is 1.53 bits per heavy atom. The van der Waals surface area contributed by atoms with Crippen molar-refractivity contribution in [3.05, 3.63) is 107 Å². The molecule has 0 fully saturated rings. The topological polar surface area (TPSA) is 80.3 Å². The molecule has 1 aliphatic carbocycles. The average Bonchev–Trinajstić information content (AvgIpc) is 3.51. The van der Waals surface area contributed by atoms with Crippen molar-refractivity contribution in [3.8, 4) is 11.1 Å². The van der Waals surface area contributed by atoms with Gasteiger partial charge < -0.3 is 15.4 Å². The lowest BCUT2D eigenvalue weighted by molar-refractivity contribution is -0.118. The molecule has 0 aliphatic heterocycles. The monoisotopic (exact) mass is 525 g/mol. The lowest BCUT2D eigenvalue weighted by Crippen LogP contribution is -2.45. The molecule has 3 aromatic carbocycles. The van der Waals surface area contributed by atoms with Gasteiger partial charge in [-0.15, -0.1) is 0 Å². The molecule has 194 valence electrons. The van der Waals surface area contributed by atoms with Crippen molar-refractivity contribution < 1.29 is 14.3 Å². The van der Waals surface area contributed by atoms with Gasteiger partial charge in [-0.05, 0) is 45.4 Å². The third-order valence-corrected chi connectivity index (χ3v) is 7.46. The average molecular weight is 526 g/mol. The van der Waals surface area contributed by atoms with Gasteiger partial charge in [0, 0.05) is 17.8 Å². The highest BCUT2D eigenvalue weighted by molar-refractivity contribution is 7.10.